The fourth-order valence-corrected chi connectivity index (χ4v) is 2.35. The summed E-state index contributed by atoms with van der Waals surface area (Å²) in [5.74, 6) is 0.149. The van der Waals surface area contributed by atoms with E-state index in [1.165, 1.54) is 0 Å². The Labute approximate surface area is 121 Å². The molecule has 0 bridgehead atoms. The topological polar surface area (TPSA) is 82.0 Å². The molecule has 0 saturated carbocycles. The van der Waals surface area contributed by atoms with E-state index in [9.17, 15) is 4.79 Å². The number of aromatic nitrogens is 2. The van der Waals surface area contributed by atoms with Crippen LogP contribution in [-0.4, -0.2) is 16.0 Å². The van der Waals surface area contributed by atoms with Gasteiger partial charge in [-0.05, 0) is 26.0 Å². The molecule has 1 atom stereocenters. The van der Waals surface area contributed by atoms with Crippen LogP contribution in [0.3, 0.4) is 0 Å². The quantitative estimate of drug-likeness (QED) is 0.800. The number of pyridine rings is 1. The maximum Gasteiger partial charge on any atom is 0.249 e. The molecule has 0 fully saturated rings. The van der Waals surface area contributed by atoms with E-state index in [4.69, 9.17) is 10.3 Å². The summed E-state index contributed by atoms with van der Waals surface area (Å²) in [5, 5.41) is 4.65. The Morgan fingerprint density at radius 2 is 2.05 bits per heavy atom. The zero-order chi connectivity index (χ0) is 15.0. The molecular weight excluding hydrogens is 266 g/mol. The summed E-state index contributed by atoms with van der Waals surface area (Å²) in [4.78, 5) is 16.3. The monoisotopic (exact) mass is 281 g/mol. The van der Waals surface area contributed by atoms with Crippen molar-refractivity contribution in [2.45, 2.75) is 19.8 Å². The Bertz CT molecular complexity index is 823. The molecule has 2 N–H and O–H groups in total. The van der Waals surface area contributed by atoms with Gasteiger partial charge in [0.2, 0.25) is 5.91 Å². The molecule has 1 aromatic carbocycles. The first kappa shape index (κ1) is 13.3. The second kappa shape index (κ2) is 5.01. The van der Waals surface area contributed by atoms with Gasteiger partial charge in [-0.25, -0.2) is 0 Å². The maximum atomic E-state index is 11.7. The SMILES string of the molecule is Cc1cc([C@@H](C)c2cc(C(N)=O)c3ccccc3n2)on1. The molecule has 1 amide bonds. The lowest BCUT2D eigenvalue weighted by molar-refractivity contribution is 0.100. The lowest BCUT2D eigenvalue weighted by Crippen LogP contribution is -2.13. The van der Waals surface area contributed by atoms with Crippen molar-refractivity contribution in [3.05, 3.63) is 59.1 Å². The van der Waals surface area contributed by atoms with E-state index < -0.39 is 5.91 Å². The van der Waals surface area contributed by atoms with Gasteiger partial charge < -0.3 is 10.3 Å². The van der Waals surface area contributed by atoms with Crippen molar-refractivity contribution >= 4 is 16.8 Å². The minimum atomic E-state index is -0.462. The van der Waals surface area contributed by atoms with Crippen molar-refractivity contribution < 1.29 is 9.32 Å². The van der Waals surface area contributed by atoms with Crippen LogP contribution in [0.25, 0.3) is 10.9 Å². The lowest BCUT2D eigenvalue weighted by atomic mass is 9.99. The van der Waals surface area contributed by atoms with Gasteiger partial charge in [-0.2, -0.15) is 0 Å². The zero-order valence-electron chi connectivity index (χ0n) is 11.8. The van der Waals surface area contributed by atoms with Crippen LogP contribution in [0, 0.1) is 6.92 Å². The molecule has 0 radical (unpaired) electrons. The van der Waals surface area contributed by atoms with Crippen LogP contribution in [0.5, 0.6) is 0 Å². The van der Waals surface area contributed by atoms with Gasteiger partial charge in [-0.1, -0.05) is 23.4 Å². The highest BCUT2D eigenvalue weighted by atomic mass is 16.5. The van der Waals surface area contributed by atoms with Crippen molar-refractivity contribution in [2.75, 3.05) is 0 Å². The summed E-state index contributed by atoms with van der Waals surface area (Å²) in [6.07, 6.45) is 0. The van der Waals surface area contributed by atoms with Crippen molar-refractivity contribution in [2.24, 2.45) is 5.73 Å². The van der Waals surface area contributed by atoms with Gasteiger partial charge in [0.15, 0.2) is 0 Å². The van der Waals surface area contributed by atoms with Crippen LogP contribution in [0.4, 0.5) is 0 Å². The number of rotatable bonds is 3. The highest BCUT2D eigenvalue weighted by Gasteiger charge is 2.18. The fraction of sp³-hybridized carbons (Fsp3) is 0.188. The Morgan fingerprint density at radius 1 is 1.29 bits per heavy atom. The number of nitrogens with zero attached hydrogens (tertiary/aromatic N) is 2. The number of amides is 1. The van der Waals surface area contributed by atoms with E-state index in [0.29, 0.717) is 11.3 Å². The summed E-state index contributed by atoms with van der Waals surface area (Å²) < 4.78 is 5.29. The minimum absolute atomic E-state index is 0.103. The molecule has 0 aliphatic rings. The molecular formula is C16H15N3O2. The van der Waals surface area contributed by atoms with Gasteiger partial charge in [0.05, 0.1) is 28.4 Å². The molecule has 3 aromatic rings. The predicted octanol–water partition coefficient (Wildman–Crippen LogP) is 2.78. The average Bonchev–Trinajstić information content (AvgIpc) is 2.91. The van der Waals surface area contributed by atoms with Crippen molar-refractivity contribution in [3.63, 3.8) is 0 Å². The van der Waals surface area contributed by atoms with Gasteiger partial charge >= 0.3 is 0 Å². The number of para-hydroxylation sites is 1. The Morgan fingerprint density at radius 3 is 2.71 bits per heavy atom. The molecule has 0 aliphatic heterocycles. The standard InChI is InChI=1S/C16H15N3O2/c1-9-7-15(21-19-9)10(2)14-8-12(16(17)20)11-5-3-4-6-13(11)18-14/h3-8,10H,1-2H3,(H2,17,20)/t10-/m0/s1. The number of nitrogens with two attached hydrogens (primary N) is 1. The highest BCUT2D eigenvalue weighted by molar-refractivity contribution is 6.05. The van der Waals surface area contributed by atoms with E-state index in [1.54, 1.807) is 6.07 Å². The lowest BCUT2D eigenvalue weighted by Gasteiger charge is -2.11. The molecule has 0 aliphatic carbocycles. The van der Waals surface area contributed by atoms with Crippen LogP contribution in [0.2, 0.25) is 0 Å². The van der Waals surface area contributed by atoms with Crippen molar-refractivity contribution in [1.82, 2.24) is 10.1 Å². The normalized spacial score (nSPS) is 12.5. The first-order chi connectivity index (χ1) is 10.1. The van der Waals surface area contributed by atoms with Crippen LogP contribution < -0.4 is 5.73 Å². The molecule has 5 nitrogen and oxygen atoms in total. The predicted molar refractivity (Wildman–Crippen MR) is 79.0 cm³/mol. The summed E-state index contributed by atoms with van der Waals surface area (Å²) >= 11 is 0. The number of hydrogen-bond acceptors (Lipinski definition) is 4. The molecule has 2 heterocycles. The average molecular weight is 281 g/mol. The molecule has 106 valence electrons. The number of carbonyl (C=O) groups excluding carboxylic acids is 1. The van der Waals surface area contributed by atoms with E-state index in [-0.39, 0.29) is 5.92 Å². The zero-order valence-corrected chi connectivity index (χ0v) is 11.8. The first-order valence-corrected chi connectivity index (χ1v) is 6.69. The van der Waals surface area contributed by atoms with E-state index in [1.807, 2.05) is 44.2 Å². The second-order valence-corrected chi connectivity index (χ2v) is 5.07. The number of hydrogen-bond donors (Lipinski definition) is 1. The molecule has 3 rings (SSSR count). The van der Waals surface area contributed by atoms with Gasteiger partial charge in [-0.3, -0.25) is 9.78 Å². The Kier molecular flexibility index (Phi) is 3.17. The van der Waals surface area contributed by atoms with Crippen molar-refractivity contribution in [3.8, 4) is 0 Å². The third-order valence-electron chi connectivity index (χ3n) is 3.52. The fourth-order valence-electron chi connectivity index (χ4n) is 2.35. The number of benzene rings is 1. The molecule has 2 aromatic heterocycles. The van der Waals surface area contributed by atoms with E-state index >= 15 is 0 Å². The minimum Gasteiger partial charge on any atom is -0.366 e. The van der Waals surface area contributed by atoms with Crippen molar-refractivity contribution in [1.29, 1.82) is 0 Å². The largest absolute Gasteiger partial charge is 0.366 e. The van der Waals surface area contributed by atoms with Gasteiger partial charge in [-0.15, -0.1) is 0 Å². The highest BCUT2D eigenvalue weighted by Crippen LogP contribution is 2.27. The molecule has 21 heavy (non-hydrogen) atoms. The van der Waals surface area contributed by atoms with Crippen LogP contribution in [0.15, 0.2) is 40.9 Å². The number of fused-ring (bicyclic) bond motifs is 1. The van der Waals surface area contributed by atoms with Crippen LogP contribution in [0.1, 0.15) is 40.3 Å². The molecule has 0 unspecified atom stereocenters. The summed E-state index contributed by atoms with van der Waals surface area (Å²) in [6.45, 7) is 3.82. The van der Waals surface area contributed by atoms with Gasteiger partial charge in [0.25, 0.3) is 0 Å². The Hall–Kier alpha value is -2.69. The third-order valence-corrected chi connectivity index (χ3v) is 3.52. The third kappa shape index (κ3) is 2.38. The summed E-state index contributed by atoms with van der Waals surface area (Å²) in [6, 6.07) is 11.0. The number of carbonyl (C=O) groups is 1. The number of primary amides is 1. The Balaban J connectivity index is 2.17. The smallest absolute Gasteiger partial charge is 0.249 e. The van der Waals surface area contributed by atoms with Crippen LogP contribution >= 0.6 is 0 Å². The number of aryl methyl sites for hydroxylation is 1. The molecule has 0 saturated heterocycles. The molecule has 0 spiro atoms. The second-order valence-electron chi connectivity index (χ2n) is 5.07. The summed E-state index contributed by atoms with van der Waals surface area (Å²) in [5.41, 5.74) is 8.25. The molecule has 5 heteroatoms. The van der Waals surface area contributed by atoms with Crippen LogP contribution in [-0.2, 0) is 0 Å². The van der Waals surface area contributed by atoms with E-state index in [0.717, 1.165) is 22.3 Å². The van der Waals surface area contributed by atoms with E-state index in [2.05, 4.69) is 10.1 Å². The summed E-state index contributed by atoms with van der Waals surface area (Å²) in [7, 11) is 0. The first-order valence-electron chi connectivity index (χ1n) is 6.69. The van der Waals surface area contributed by atoms with Gasteiger partial charge in [0.1, 0.15) is 5.76 Å². The van der Waals surface area contributed by atoms with Gasteiger partial charge in [0, 0.05) is 11.5 Å². The maximum absolute atomic E-state index is 11.7.